The highest BCUT2D eigenvalue weighted by molar-refractivity contribution is 6.70. The SMILES string of the molecule is C\C=C/C=C(C(/Cl)=N/C=C/CCC)\C(C)=C\CCC. The summed E-state index contributed by atoms with van der Waals surface area (Å²) in [7, 11) is 0. The number of aliphatic imine (C=N–C) groups is 1. The number of allylic oxidation sites excluding steroid dienone is 7. The highest BCUT2D eigenvalue weighted by Crippen LogP contribution is 2.16. The van der Waals surface area contributed by atoms with Crippen molar-refractivity contribution in [3.63, 3.8) is 0 Å². The van der Waals surface area contributed by atoms with E-state index >= 15 is 0 Å². The Balaban J connectivity index is 5.04. The van der Waals surface area contributed by atoms with Crippen molar-refractivity contribution in [3.8, 4) is 0 Å². The molecule has 0 aliphatic rings. The van der Waals surface area contributed by atoms with Gasteiger partial charge in [0.25, 0.3) is 0 Å². The van der Waals surface area contributed by atoms with Gasteiger partial charge in [0.1, 0.15) is 5.17 Å². The zero-order chi connectivity index (χ0) is 14.5. The van der Waals surface area contributed by atoms with Crippen LogP contribution >= 0.6 is 11.6 Å². The molecule has 0 fully saturated rings. The molecule has 0 saturated heterocycles. The molecule has 0 atom stereocenters. The van der Waals surface area contributed by atoms with Crippen LogP contribution in [0.4, 0.5) is 0 Å². The van der Waals surface area contributed by atoms with Crippen LogP contribution in [0.1, 0.15) is 53.4 Å². The van der Waals surface area contributed by atoms with Crippen molar-refractivity contribution in [2.24, 2.45) is 4.99 Å². The molecule has 19 heavy (non-hydrogen) atoms. The topological polar surface area (TPSA) is 12.4 Å². The standard InChI is InChI=1S/C17H26ClN/c1-5-8-11-14-19-17(18)16(13-10-7-3)15(4)12-9-6-2/h7,10-14H,5-6,8-9H2,1-4H3/b10-7-,14-11+,15-12+,16-13+,19-17-. The summed E-state index contributed by atoms with van der Waals surface area (Å²) in [6.07, 6.45) is 16.4. The second-order valence-corrected chi connectivity index (χ2v) is 4.73. The van der Waals surface area contributed by atoms with Crippen molar-refractivity contribution in [1.82, 2.24) is 0 Å². The number of nitrogens with zero attached hydrogens (tertiary/aromatic N) is 1. The molecule has 0 aromatic carbocycles. The van der Waals surface area contributed by atoms with Crippen LogP contribution in [0, 0.1) is 0 Å². The van der Waals surface area contributed by atoms with Gasteiger partial charge in [0.05, 0.1) is 0 Å². The highest BCUT2D eigenvalue weighted by Gasteiger charge is 2.04. The van der Waals surface area contributed by atoms with Gasteiger partial charge in [-0.25, -0.2) is 4.99 Å². The lowest BCUT2D eigenvalue weighted by atomic mass is 10.1. The van der Waals surface area contributed by atoms with Gasteiger partial charge >= 0.3 is 0 Å². The minimum absolute atomic E-state index is 0.551. The lowest BCUT2D eigenvalue weighted by Gasteiger charge is -2.05. The summed E-state index contributed by atoms with van der Waals surface area (Å²) in [6, 6.07) is 0. The van der Waals surface area contributed by atoms with Crippen LogP contribution in [0.3, 0.4) is 0 Å². The van der Waals surface area contributed by atoms with Gasteiger partial charge in [-0.3, -0.25) is 0 Å². The summed E-state index contributed by atoms with van der Waals surface area (Å²) in [5.41, 5.74) is 2.17. The molecule has 0 rings (SSSR count). The average molecular weight is 280 g/mol. The zero-order valence-electron chi connectivity index (χ0n) is 12.6. The predicted molar refractivity (Wildman–Crippen MR) is 88.9 cm³/mol. The second-order valence-electron chi connectivity index (χ2n) is 4.38. The van der Waals surface area contributed by atoms with Crippen molar-refractivity contribution in [3.05, 3.63) is 47.7 Å². The molecule has 0 aliphatic carbocycles. The fraction of sp³-hybridized carbons (Fsp3) is 0.471. The molecule has 0 saturated carbocycles. The Morgan fingerprint density at radius 1 is 1.16 bits per heavy atom. The molecule has 2 heteroatoms. The second kappa shape index (κ2) is 12.0. The van der Waals surface area contributed by atoms with Crippen molar-refractivity contribution in [1.29, 1.82) is 0 Å². The molecule has 0 heterocycles. The Kier molecular flexibility index (Phi) is 11.3. The van der Waals surface area contributed by atoms with Crippen LogP contribution in [-0.2, 0) is 0 Å². The molecule has 1 nitrogen and oxygen atoms in total. The van der Waals surface area contributed by atoms with Gasteiger partial charge in [0, 0.05) is 11.8 Å². The van der Waals surface area contributed by atoms with Crippen molar-refractivity contribution in [2.75, 3.05) is 0 Å². The molecule has 0 radical (unpaired) electrons. The van der Waals surface area contributed by atoms with E-state index in [1.54, 1.807) is 6.20 Å². The Morgan fingerprint density at radius 2 is 1.84 bits per heavy atom. The molecule has 0 aromatic rings. The Labute approximate surface area is 123 Å². The summed E-state index contributed by atoms with van der Waals surface area (Å²) in [5, 5.41) is 0.551. The first-order valence-corrected chi connectivity index (χ1v) is 7.43. The van der Waals surface area contributed by atoms with Gasteiger partial charge in [-0.2, -0.15) is 0 Å². The van der Waals surface area contributed by atoms with Crippen LogP contribution < -0.4 is 0 Å². The molecule has 0 unspecified atom stereocenters. The highest BCUT2D eigenvalue weighted by atomic mass is 35.5. The van der Waals surface area contributed by atoms with Crippen LogP contribution in [0.5, 0.6) is 0 Å². The van der Waals surface area contributed by atoms with E-state index in [0.717, 1.165) is 31.3 Å². The third-order valence-corrected chi connectivity index (χ3v) is 2.89. The minimum Gasteiger partial charge on any atom is -0.244 e. The van der Waals surface area contributed by atoms with E-state index in [1.807, 2.05) is 31.2 Å². The van der Waals surface area contributed by atoms with E-state index in [0.29, 0.717) is 5.17 Å². The summed E-state index contributed by atoms with van der Waals surface area (Å²) >= 11 is 6.29. The predicted octanol–water partition coefficient (Wildman–Crippen LogP) is 6.19. The van der Waals surface area contributed by atoms with E-state index < -0.39 is 0 Å². The normalized spacial score (nSPS) is 14.9. The van der Waals surface area contributed by atoms with Crippen molar-refractivity contribution in [2.45, 2.75) is 53.4 Å². The van der Waals surface area contributed by atoms with Gasteiger partial charge in [0.15, 0.2) is 0 Å². The number of unbranched alkanes of at least 4 members (excludes halogenated alkanes) is 2. The smallest absolute Gasteiger partial charge is 0.136 e. The van der Waals surface area contributed by atoms with E-state index in [4.69, 9.17) is 11.6 Å². The molecule has 106 valence electrons. The van der Waals surface area contributed by atoms with Gasteiger partial charge in [-0.15, -0.1) is 0 Å². The zero-order valence-corrected chi connectivity index (χ0v) is 13.4. The Morgan fingerprint density at radius 3 is 2.42 bits per heavy atom. The third kappa shape index (κ3) is 8.61. The molecule has 0 aliphatic heterocycles. The van der Waals surface area contributed by atoms with Gasteiger partial charge in [0.2, 0.25) is 0 Å². The number of halogens is 1. The number of hydrogen-bond acceptors (Lipinski definition) is 1. The fourth-order valence-electron chi connectivity index (χ4n) is 1.46. The van der Waals surface area contributed by atoms with E-state index in [-0.39, 0.29) is 0 Å². The molecular weight excluding hydrogens is 254 g/mol. The van der Waals surface area contributed by atoms with Gasteiger partial charge in [-0.05, 0) is 32.3 Å². The summed E-state index contributed by atoms with van der Waals surface area (Å²) in [5.74, 6) is 0. The van der Waals surface area contributed by atoms with Gasteiger partial charge < -0.3 is 0 Å². The largest absolute Gasteiger partial charge is 0.244 e. The summed E-state index contributed by atoms with van der Waals surface area (Å²) in [4.78, 5) is 4.30. The van der Waals surface area contributed by atoms with E-state index in [1.165, 1.54) is 5.57 Å². The van der Waals surface area contributed by atoms with Crippen LogP contribution in [0.25, 0.3) is 0 Å². The maximum absolute atomic E-state index is 6.29. The van der Waals surface area contributed by atoms with Crippen LogP contribution in [0.15, 0.2) is 52.7 Å². The quantitative estimate of drug-likeness (QED) is 0.371. The van der Waals surface area contributed by atoms with Gasteiger partial charge in [-0.1, -0.05) is 68.7 Å². The number of hydrogen-bond donors (Lipinski definition) is 0. The lowest BCUT2D eigenvalue weighted by Crippen LogP contribution is -1.96. The molecule has 0 aromatic heterocycles. The number of rotatable bonds is 8. The summed E-state index contributed by atoms with van der Waals surface area (Å²) in [6.45, 7) is 8.39. The van der Waals surface area contributed by atoms with E-state index in [2.05, 4.69) is 31.8 Å². The first-order valence-electron chi connectivity index (χ1n) is 7.06. The van der Waals surface area contributed by atoms with Crippen LogP contribution in [0.2, 0.25) is 0 Å². The first-order chi connectivity index (χ1) is 9.17. The molecule has 0 spiro atoms. The average Bonchev–Trinajstić information content (AvgIpc) is 2.41. The van der Waals surface area contributed by atoms with E-state index in [9.17, 15) is 0 Å². The fourth-order valence-corrected chi connectivity index (χ4v) is 1.72. The maximum Gasteiger partial charge on any atom is 0.136 e. The maximum atomic E-state index is 6.29. The summed E-state index contributed by atoms with van der Waals surface area (Å²) < 4.78 is 0. The first kappa shape index (κ1) is 17.9. The lowest BCUT2D eigenvalue weighted by molar-refractivity contribution is 0.951. The molecule has 0 bridgehead atoms. The molecule has 0 amide bonds. The van der Waals surface area contributed by atoms with Crippen molar-refractivity contribution < 1.29 is 0 Å². The monoisotopic (exact) mass is 279 g/mol. The third-order valence-electron chi connectivity index (χ3n) is 2.59. The minimum atomic E-state index is 0.551. The molecular formula is C17H26ClN. The molecule has 0 N–H and O–H groups in total. The Hall–Kier alpha value is -1.08. The van der Waals surface area contributed by atoms with Crippen molar-refractivity contribution >= 4 is 16.8 Å². The Bertz CT molecular complexity index is 384. The van der Waals surface area contributed by atoms with Crippen LogP contribution in [-0.4, -0.2) is 5.17 Å².